The van der Waals surface area contributed by atoms with Crippen LogP contribution in [0.15, 0.2) is 30.3 Å². The third kappa shape index (κ3) is 4.70. The molecule has 0 saturated carbocycles. The summed E-state index contributed by atoms with van der Waals surface area (Å²) in [6.07, 6.45) is -0.0698. The van der Waals surface area contributed by atoms with Crippen molar-refractivity contribution in [2.24, 2.45) is 0 Å². The van der Waals surface area contributed by atoms with Crippen molar-refractivity contribution in [2.75, 3.05) is 12.4 Å². The maximum absolute atomic E-state index is 10.9. The average molecular weight is 228 g/mol. The molecule has 1 aromatic carbocycles. The molecule has 82 valence electrons. The maximum atomic E-state index is 10.9. The summed E-state index contributed by atoms with van der Waals surface area (Å²) >= 11 is 5.34. The molecule has 0 aliphatic rings. The first-order chi connectivity index (χ1) is 7.22. The molecule has 0 aliphatic heterocycles. The van der Waals surface area contributed by atoms with Crippen LogP contribution < -0.4 is 10.1 Å². The predicted octanol–water partition coefficient (Wildman–Crippen LogP) is 1.81. The summed E-state index contributed by atoms with van der Waals surface area (Å²) in [4.78, 5) is 10.9. The van der Waals surface area contributed by atoms with Crippen LogP contribution in [0.2, 0.25) is 0 Å². The number of carbonyl (C=O) groups excluding carboxylic acids is 1. The minimum Gasteiger partial charge on any atom is -0.489 e. The van der Waals surface area contributed by atoms with Gasteiger partial charge in [-0.05, 0) is 19.1 Å². The highest BCUT2D eigenvalue weighted by Gasteiger charge is 2.05. The molecule has 0 aromatic heterocycles. The van der Waals surface area contributed by atoms with Crippen LogP contribution in [0, 0.1) is 0 Å². The molecule has 4 heteroatoms. The number of hydrogen-bond acceptors (Lipinski definition) is 2. The molecule has 1 rings (SSSR count). The van der Waals surface area contributed by atoms with Crippen molar-refractivity contribution in [2.45, 2.75) is 13.0 Å². The fraction of sp³-hybridized carbons (Fsp3) is 0.364. The molecule has 1 unspecified atom stereocenters. The molecule has 0 heterocycles. The number of para-hydroxylation sites is 1. The molecule has 0 spiro atoms. The standard InChI is InChI=1S/C11H14ClNO2/c1-9(8-13-11(14)7-12)15-10-5-3-2-4-6-10/h2-6,9H,7-8H2,1H3,(H,13,14). The summed E-state index contributed by atoms with van der Waals surface area (Å²) in [5, 5.41) is 2.66. The van der Waals surface area contributed by atoms with E-state index < -0.39 is 0 Å². The Hall–Kier alpha value is -1.22. The molecule has 0 fully saturated rings. The monoisotopic (exact) mass is 227 g/mol. The van der Waals surface area contributed by atoms with Crippen LogP contribution >= 0.6 is 11.6 Å². The smallest absolute Gasteiger partial charge is 0.235 e. The van der Waals surface area contributed by atoms with Crippen LogP contribution in [0.5, 0.6) is 5.75 Å². The highest BCUT2D eigenvalue weighted by Crippen LogP contribution is 2.10. The molecule has 0 saturated heterocycles. The first-order valence-electron chi connectivity index (χ1n) is 4.76. The lowest BCUT2D eigenvalue weighted by atomic mass is 10.3. The number of amides is 1. The van der Waals surface area contributed by atoms with Gasteiger partial charge in [-0.25, -0.2) is 0 Å². The van der Waals surface area contributed by atoms with E-state index in [1.165, 1.54) is 0 Å². The van der Waals surface area contributed by atoms with Crippen molar-refractivity contribution in [3.63, 3.8) is 0 Å². The summed E-state index contributed by atoms with van der Waals surface area (Å²) in [5.41, 5.74) is 0. The number of hydrogen-bond donors (Lipinski definition) is 1. The van der Waals surface area contributed by atoms with Crippen molar-refractivity contribution < 1.29 is 9.53 Å². The Morgan fingerprint density at radius 2 is 2.13 bits per heavy atom. The van der Waals surface area contributed by atoms with Crippen LogP contribution in [0.1, 0.15) is 6.92 Å². The molecule has 1 amide bonds. The zero-order valence-electron chi connectivity index (χ0n) is 8.57. The number of rotatable bonds is 5. The second kappa shape index (κ2) is 6.30. The summed E-state index contributed by atoms with van der Waals surface area (Å²) in [6.45, 7) is 2.35. The van der Waals surface area contributed by atoms with Gasteiger partial charge in [-0.1, -0.05) is 18.2 Å². The van der Waals surface area contributed by atoms with Gasteiger partial charge in [-0.15, -0.1) is 11.6 Å². The van der Waals surface area contributed by atoms with Crippen molar-refractivity contribution in [1.29, 1.82) is 0 Å². The molecule has 0 bridgehead atoms. The topological polar surface area (TPSA) is 38.3 Å². The van der Waals surface area contributed by atoms with E-state index in [-0.39, 0.29) is 17.9 Å². The van der Waals surface area contributed by atoms with E-state index in [1.807, 2.05) is 37.3 Å². The van der Waals surface area contributed by atoms with Gasteiger partial charge in [0.15, 0.2) is 0 Å². The van der Waals surface area contributed by atoms with E-state index in [9.17, 15) is 4.79 Å². The van der Waals surface area contributed by atoms with Gasteiger partial charge < -0.3 is 10.1 Å². The van der Waals surface area contributed by atoms with Crippen molar-refractivity contribution >= 4 is 17.5 Å². The van der Waals surface area contributed by atoms with E-state index in [1.54, 1.807) is 0 Å². The van der Waals surface area contributed by atoms with E-state index in [4.69, 9.17) is 16.3 Å². The summed E-state index contributed by atoms with van der Waals surface area (Å²) in [5.74, 6) is 0.600. The van der Waals surface area contributed by atoms with Gasteiger partial charge >= 0.3 is 0 Å². The molecular weight excluding hydrogens is 214 g/mol. The van der Waals surface area contributed by atoms with Gasteiger partial charge in [0.1, 0.15) is 17.7 Å². The second-order valence-corrected chi connectivity index (χ2v) is 3.45. The van der Waals surface area contributed by atoms with E-state index in [0.717, 1.165) is 5.75 Å². The number of nitrogens with one attached hydrogen (secondary N) is 1. The quantitative estimate of drug-likeness (QED) is 0.780. The Bertz CT molecular complexity index is 303. The van der Waals surface area contributed by atoms with Gasteiger partial charge in [0.05, 0.1) is 6.54 Å². The lowest BCUT2D eigenvalue weighted by Gasteiger charge is -2.14. The number of carbonyl (C=O) groups is 1. The summed E-state index contributed by atoms with van der Waals surface area (Å²) in [6, 6.07) is 9.48. The molecule has 1 aromatic rings. The zero-order chi connectivity index (χ0) is 11.1. The molecule has 1 atom stereocenters. The van der Waals surface area contributed by atoms with Crippen molar-refractivity contribution in [3.8, 4) is 5.75 Å². The Morgan fingerprint density at radius 3 is 2.73 bits per heavy atom. The van der Waals surface area contributed by atoms with Crippen LogP contribution in [0.3, 0.4) is 0 Å². The lowest BCUT2D eigenvalue weighted by molar-refractivity contribution is -0.119. The maximum Gasteiger partial charge on any atom is 0.235 e. The molecular formula is C11H14ClNO2. The van der Waals surface area contributed by atoms with Crippen LogP contribution in [0.4, 0.5) is 0 Å². The first kappa shape index (κ1) is 11.9. The summed E-state index contributed by atoms with van der Waals surface area (Å²) in [7, 11) is 0. The number of alkyl halides is 1. The largest absolute Gasteiger partial charge is 0.489 e. The Kier molecular flexibility index (Phi) is 4.98. The van der Waals surface area contributed by atoms with Gasteiger partial charge in [0.25, 0.3) is 0 Å². The summed E-state index contributed by atoms with van der Waals surface area (Å²) < 4.78 is 5.55. The van der Waals surface area contributed by atoms with E-state index in [2.05, 4.69) is 5.32 Å². The third-order valence-electron chi connectivity index (χ3n) is 1.79. The Balaban J connectivity index is 2.30. The van der Waals surface area contributed by atoms with Crippen molar-refractivity contribution in [3.05, 3.63) is 30.3 Å². The Morgan fingerprint density at radius 1 is 1.47 bits per heavy atom. The van der Waals surface area contributed by atoms with Gasteiger partial charge in [-0.3, -0.25) is 4.79 Å². The highest BCUT2D eigenvalue weighted by atomic mass is 35.5. The number of halogens is 1. The normalized spacial score (nSPS) is 11.9. The predicted molar refractivity (Wildman–Crippen MR) is 60.3 cm³/mol. The fourth-order valence-electron chi connectivity index (χ4n) is 1.08. The molecule has 0 radical (unpaired) electrons. The molecule has 1 N–H and O–H groups in total. The lowest BCUT2D eigenvalue weighted by Crippen LogP contribution is -2.34. The minimum atomic E-state index is -0.180. The van der Waals surface area contributed by atoms with Gasteiger partial charge in [-0.2, -0.15) is 0 Å². The van der Waals surface area contributed by atoms with Crippen molar-refractivity contribution in [1.82, 2.24) is 5.32 Å². The Labute approximate surface area is 94.4 Å². The van der Waals surface area contributed by atoms with Gasteiger partial charge in [0, 0.05) is 0 Å². The van der Waals surface area contributed by atoms with Crippen LogP contribution in [-0.2, 0) is 4.79 Å². The molecule has 15 heavy (non-hydrogen) atoms. The number of benzene rings is 1. The average Bonchev–Trinajstić information content (AvgIpc) is 2.27. The first-order valence-corrected chi connectivity index (χ1v) is 5.30. The number of ether oxygens (including phenoxy) is 1. The minimum absolute atomic E-state index is 0.0158. The van der Waals surface area contributed by atoms with Crippen LogP contribution in [0.25, 0.3) is 0 Å². The van der Waals surface area contributed by atoms with E-state index >= 15 is 0 Å². The third-order valence-corrected chi connectivity index (χ3v) is 2.03. The van der Waals surface area contributed by atoms with Crippen LogP contribution in [-0.4, -0.2) is 24.4 Å². The van der Waals surface area contributed by atoms with E-state index in [0.29, 0.717) is 6.54 Å². The molecule has 3 nitrogen and oxygen atoms in total. The highest BCUT2D eigenvalue weighted by molar-refractivity contribution is 6.27. The zero-order valence-corrected chi connectivity index (χ0v) is 9.33. The fourth-order valence-corrected chi connectivity index (χ4v) is 1.17. The SMILES string of the molecule is CC(CNC(=O)CCl)Oc1ccccc1. The molecule has 0 aliphatic carbocycles. The second-order valence-electron chi connectivity index (χ2n) is 3.18. The van der Waals surface area contributed by atoms with Gasteiger partial charge in [0.2, 0.25) is 5.91 Å².